The van der Waals surface area contributed by atoms with Crippen molar-refractivity contribution >= 4 is 45.5 Å². The molecule has 0 unspecified atom stereocenters. The van der Waals surface area contributed by atoms with Crippen LogP contribution in [0.2, 0.25) is 0 Å². The first kappa shape index (κ1) is 19.1. The second kappa shape index (κ2) is 8.77. The van der Waals surface area contributed by atoms with Crippen molar-refractivity contribution in [3.05, 3.63) is 38.4 Å². The Balaban J connectivity index is 1.98. The van der Waals surface area contributed by atoms with Gasteiger partial charge in [-0.2, -0.15) is 0 Å². The molecule has 1 N–H and O–H groups in total. The summed E-state index contributed by atoms with van der Waals surface area (Å²) in [6.07, 6.45) is 0.736. The van der Waals surface area contributed by atoms with Gasteiger partial charge in [-0.15, -0.1) is 22.7 Å². The number of esters is 2. The van der Waals surface area contributed by atoms with Crippen molar-refractivity contribution in [3.63, 3.8) is 0 Å². The van der Waals surface area contributed by atoms with Crippen LogP contribution in [0.3, 0.4) is 0 Å². The van der Waals surface area contributed by atoms with Gasteiger partial charge >= 0.3 is 11.9 Å². The lowest BCUT2D eigenvalue weighted by molar-refractivity contribution is -0.119. The summed E-state index contributed by atoms with van der Waals surface area (Å²) in [5.74, 6) is -1.53. The van der Waals surface area contributed by atoms with Crippen LogP contribution in [-0.2, 0) is 20.7 Å². The summed E-state index contributed by atoms with van der Waals surface area (Å²) in [5.41, 5.74) is 0.317. The van der Waals surface area contributed by atoms with E-state index >= 15 is 0 Å². The minimum atomic E-state index is -0.542. The molecule has 0 atom stereocenters. The van der Waals surface area contributed by atoms with Gasteiger partial charge in [-0.05, 0) is 38.5 Å². The van der Waals surface area contributed by atoms with Gasteiger partial charge in [-0.3, -0.25) is 4.79 Å². The lowest BCUT2D eigenvalue weighted by Gasteiger charge is -2.06. The second-order valence-corrected chi connectivity index (χ2v) is 7.49. The molecule has 0 saturated heterocycles. The number of rotatable bonds is 7. The summed E-state index contributed by atoms with van der Waals surface area (Å²) >= 11 is 2.61. The van der Waals surface area contributed by atoms with Crippen molar-refractivity contribution in [2.75, 3.05) is 18.5 Å². The van der Waals surface area contributed by atoms with E-state index in [1.807, 2.05) is 19.9 Å². The first-order chi connectivity index (χ1) is 11.9. The third kappa shape index (κ3) is 5.14. The van der Waals surface area contributed by atoms with Crippen LogP contribution in [0.1, 0.15) is 43.6 Å². The predicted molar refractivity (Wildman–Crippen MR) is 97.6 cm³/mol. The lowest BCUT2D eigenvalue weighted by atomic mass is 10.2. The first-order valence-electron chi connectivity index (χ1n) is 7.77. The standard InChI is InChI=1S/C17H19NO5S2/c1-4-11-8-12(16(20)22-5-2)15(25-11)18-14(19)9-23-17(21)13-7-6-10(3)24-13/h6-8H,4-5,9H2,1-3H3,(H,18,19). The molecule has 1 amide bonds. The summed E-state index contributed by atoms with van der Waals surface area (Å²) in [6, 6.07) is 5.18. The van der Waals surface area contributed by atoms with Gasteiger partial charge in [0.15, 0.2) is 6.61 Å². The number of anilines is 1. The molecular formula is C17H19NO5S2. The predicted octanol–water partition coefficient (Wildman–Crippen LogP) is 3.65. The van der Waals surface area contributed by atoms with Gasteiger partial charge < -0.3 is 14.8 Å². The second-order valence-electron chi connectivity index (χ2n) is 5.06. The van der Waals surface area contributed by atoms with Crippen molar-refractivity contribution in [2.24, 2.45) is 0 Å². The van der Waals surface area contributed by atoms with E-state index in [-0.39, 0.29) is 6.61 Å². The molecule has 0 aliphatic heterocycles. The van der Waals surface area contributed by atoms with Crippen LogP contribution >= 0.6 is 22.7 Å². The number of carbonyl (C=O) groups is 3. The smallest absolute Gasteiger partial charge is 0.348 e. The van der Waals surface area contributed by atoms with Crippen LogP contribution in [0.15, 0.2) is 18.2 Å². The van der Waals surface area contributed by atoms with Crippen molar-refractivity contribution in [1.82, 2.24) is 0 Å². The molecule has 0 spiro atoms. The van der Waals surface area contributed by atoms with E-state index in [0.29, 0.717) is 15.4 Å². The number of thiophene rings is 2. The van der Waals surface area contributed by atoms with Crippen molar-refractivity contribution in [2.45, 2.75) is 27.2 Å². The van der Waals surface area contributed by atoms with Crippen LogP contribution in [0.4, 0.5) is 5.00 Å². The minimum absolute atomic E-state index is 0.251. The number of nitrogens with one attached hydrogen (secondary N) is 1. The van der Waals surface area contributed by atoms with Gasteiger partial charge in [0.05, 0.1) is 12.2 Å². The van der Waals surface area contributed by atoms with E-state index in [1.54, 1.807) is 19.1 Å². The zero-order valence-electron chi connectivity index (χ0n) is 14.2. The van der Waals surface area contributed by atoms with Gasteiger partial charge in [0.2, 0.25) is 0 Å². The quantitative estimate of drug-likeness (QED) is 0.740. The molecule has 0 aliphatic rings. The van der Waals surface area contributed by atoms with E-state index in [1.165, 1.54) is 22.7 Å². The molecule has 0 radical (unpaired) electrons. The van der Waals surface area contributed by atoms with Gasteiger partial charge in [0, 0.05) is 9.75 Å². The molecule has 0 fully saturated rings. The average Bonchev–Trinajstić information content (AvgIpc) is 3.19. The molecule has 0 aromatic carbocycles. The Labute approximate surface area is 153 Å². The van der Waals surface area contributed by atoms with Crippen LogP contribution in [0, 0.1) is 6.92 Å². The molecule has 8 heteroatoms. The molecule has 0 aliphatic carbocycles. The van der Waals surface area contributed by atoms with E-state index in [2.05, 4.69) is 5.32 Å². The molecule has 0 bridgehead atoms. The highest BCUT2D eigenvalue weighted by Crippen LogP contribution is 2.29. The number of hydrogen-bond donors (Lipinski definition) is 1. The maximum atomic E-state index is 12.1. The Bertz CT molecular complexity index is 778. The van der Waals surface area contributed by atoms with Crippen LogP contribution < -0.4 is 5.32 Å². The molecule has 2 aromatic rings. The van der Waals surface area contributed by atoms with Crippen molar-refractivity contribution in [3.8, 4) is 0 Å². The molecule has 2 rings (SSSR count). The van der Waals surface area contributed by atoms with E-state index < -0.39 is 24.5 Å². The maximum Gasteiger partial charge on any atom is 0.348 e. The normalized spacial score (nSPS) is 10.4. The molecule has 6 nitrogen and oxygen atoms in total. The molecule has 2 heterocycles. The Kier molecular flexibility index (Phi) is 6.72. The number of amides is 1. The van der Waals surface area contributed by atoms with Gasteiger partial charge in [-0.1, -0.05) is 6.92 Å². The Morgan fingerprint density at radius 3 is 2.44 bits per heavy atom. The average molecular weight is 381 g/mol. The van der Waals surface area contributed by atoms with E-state index in [4.69, 9.17) is 9.47 Å². The lowest BCUT2D eigenvalue weighted by Crippen LogP contribution is -2.21. The molecule has 134 valence electrons. The Hall–Kier alpha value is -2.19. The van der Waals surface area contributed by atoms with E-state index in [9.17, 15) is 14.4 Å². The van der Waals surface area contributed by atoms with Gasteiger partial charge in [0.25, 0.3) is 5.91 Å². The zero-order valence-corrected chi connectivity index (χ0v) is 15.8. The SMILES string of the molecule is CCOC(=O)c1cc(CC)sc1NC(=O)COC(=O)c1ccc(C)s1. The van der Waals surface area contributed by atoms with Crippen molar-refractivity contribution in [1.29, 1.82) is 0 Å². The number of aryl methyl sites for hydroxylation is 2. The molecule has 0 saturated carbocycles. The summed E-state index contributed by atoms with van der Waals surface area (Å²) in [7, 11) is 0. The monoisotopic (exact) mass is 381 g/mol. The largest absolute Gasteiger partial charge is 0.462 e. The molecule has 2 aromatic heterocycles. The Morgan fingerprint density at radius 2 is 1.84 bits per heavy atom. The van der Waals surface area contributed by atoms with Gasteiger partial charge in [0.1, 0.15) is 9.88 Å². The maximum absolute atomic E-state index is 12.1. The highest BCUT2D eigenvalue weighted by atomic mass is 32.1. The fraction of sp³-hybridized carbons (Fsp3) is 0.353. The third-order valence-corrected chi connectivity index (χ3v) is 5.33. The zero-order chi connectivity index (χ0) is 18.4. The van der Waals surface area contributed by atoms with Crippen molar-refractivity contribution < 1.29 is 23.9 Å². The summed E-state index contributed by atoms with van der Waals surface area (Å²) < 4.78 is 10.0. The first-order valence-corrected chi connectivity index (χ1v) is 9.41. The number of hydrogen-bond acceptors (Lipinski definition) is 7. The van der Waals surface area contributed by atoms with Crippen LogP contribution in [0.5, 0.6) is 0 Å². The minimum Gasteiger partial charge on any atom is -0.462 e. The summed E-state index contributed by atoms with van der Waals surface area (Å²) in [6.45, 7) is 5.39. The summed E-state index contributed by atoms with van der Waals surface area (Å²) in [5, 5.41) is 3.03. The van der Waals surface area contributed by atoms with Crippen LogP contribution in [0.25, 0.3) is 0 Å². The number of ether oxygens (including phenoxy) is 2. The van der Waals surface area contributed by atoms with E-state index in [0.717, 1.165) is 16.2 Å². The Morgan fingerprint density at radius 1 is 1.08 bits per heavy atom. The fourth-order valence-electron chi connectivity index (χ4n) is 1.98. The van der Waals surface area contributed by atoms with Gasteiger partial charge in [-0.25, -0.2) is 9.59 Å². The highest BCUT2D eigenvalue weighted by Gasteiger charge is 2.19. The molecular weight excluding hydrogens is 362 g/mol. The molecule has 25 heavy (non-hydrogen) atoms. The topological polar surface area (TPSA) is 81.7 Å². The summed E-state index contributed by atoms with van der Waals surface area (Å²) in [4.78, 5) is 38.3. The number of carbonyl (C=O) groups excluding carboxylic acids is 3. The fourth-order valence-corrected chi connectivity index (χ4v) is 3.74. The highest BCUT2D eigenvalue weighted by molar-refractivity contribution is 7.16. The van der Waals surface area contributed by atoms with Crippen LogP contribution in [-0.4, -0.2) is 31.1 Å². The third-order valence-electron chi connectivity index (χ3n) is 3.16.